The van der Waals surface area contributed by atoms with Crippen LogP contribution in [0, 0.1) is 0 Å². The SMILES string of the molecule is CCc1c(C(=O)NNC(=O)c2cc(Cl)ccc2O)cnn1Cc1ccccc1. The molecule has 0 aliphatic heterocycles. The number of hydrogen-bond acceptors (Lipinski definition) is 4. The lowest BCUT2D eigenvalue weighted by atomic mass is 10.2. The summed E-state index contributed by atoms with van der Waals surface area (Å²) in [6.45, 7) is 2.47. The zero-order chi connectivity index (χ0) is 20.1. The number of halogens is 1. The number of phenolic OH excluding ortho intramolecular Hbond substituents is 1. The van der Waals surface area contributed by atoms with Crippen molar-refractivity contribution < 1.29 is 14.7 Å². The Balaban J connectivity index is 1.70. The topological polar surface area (TPSA) is 96.2 Å². The molecule has 2 aromatic carbocycles. The Morgan fingerprint density at radius 3 is 2.43 bits per heavy atom. The average molecular weight is 399 g/mol. The molecule has 0 saturated heterocycles. The van der Waals surface area contributed by atoms with E-state index in [-0.39, 0.29) is 11.3 Å². The summed E-state index contributed by atoms with van der Waals surface area (Å²) in [4.78, 5) is 24.7. The molecule has 3 aromatic rings. The van der Waals surface area contributed by atoms with Crippen molar-refractivity contribution in [2.45, 2.75) is 19.9 Å². The Morgan fingerprint density at radius 1 is 1.07 bits per heavy atom. The van der Waals surface area contributed by atoms with Crippen LogP contribution in [0.5, 0.6) is 5.75 Å². The maximum absolute atomic E-state index is 12.5. The Bertz CT molecular complexity index is 1000. The number of amides is 2. The molecule has 0 bridgehead atoms. The zero-order valence-corrected chi connectivity index (χ0v) is 15.9. The third-order valence-electron chi connectivity index (χ3n) is 4.20. The number of carbonyl (C=O) groups excluding carboxylic acids is 2. The molecule has 0 saturated carbocycles. The van der Waals surface area contributed by atoms with Gasteiger partial charge in [0.15, 0.2) is 0 Å². The van der Waals surface area contributed by atoms with E-state index < -0.39 is 11.8 Å². The van der Waals surface area contributed by atoms with Crippen LogP contribution in [0.4, 0.5) is 0 Å². The fourth-order valence-electron chi connectivity index (χ4n) is 2.80. The number of nitrogens with zero attached hydrogens (tertiary/aromatic N) is 2. The van der Waals surface area contributed by atoms with Gasteiger partial charge in [-0.05, 0) is 30.2 Å². The second-order valence-corrected chi connectivity index (χ2v) is 6.51. The van der Waals surface area contributed by atoms with Gasteiger partial charge in [-0.3, -0.25) is 25.1 Å². The van der Waals surface area contributed by atoms with E-state index in [2.05, 4.69) is 16.0 Å². The first kappa shape index (κ1) is 19.4. The number of rotatable bonds is 5. The van der Waals surface area contributed by atoms with Crippen molar-refractivity contribution in [1.82, 2.24) is 20.6 Å². The Hall–Kier alpha value is -3.32. The number of phenols is 1. The molecule has 0 fully saturated rings. The molecule has 0 unspecified atom stereocenters. The zero-order valence-electron chi connectivity index (χ0n) is 15.1. The lowest BCUT2D eigenvalue weighted by Gasteiger charge is -2.10. The Morgan fingerprint density at radius 2 is 1.75 bits per heavy atom. The van der Waals surface area contributed by atoms with Gasteiger partial charge in [-0.25, -0.2) is 0 Å². The molecule has 144 valence electrons. The number of hydrazine groups is 1. The van der Waals surface area contributed by atoms with Gasteiger partial charge in [0.05, 0.1) is 29.6 Å². The molecular formula is C20H19ClN4O3. The minimum Gasteiger partial charge on any atom is -0.507 e. The van der Waals surface area contributed by atoms with Gasteiger partial charge in [0.2, 0.25) is 0 Å². The van der Waals surface area contributed by atoms with Crippen LogP contribution in [0.2, 0.25) is 5.02 Å². The highest BCUT2D eigenvalue weighted by Gasteiger charge is 2.18. The van der Waals surface area contributed by atoms with E-state index in [0.29, 0.717) is 23.6 Å². The van der Waals surface area contributed by atoms with Crippen LogP contribution in [-0.4, -0.2) is 26.7 Å². The summed E-state index contributed by atoms with van der Waals surface area (Å²) in [6.07, 6.45) is 2.07. The molecule has 0 radical (unpaired) electrons. The molecule has 1 aromatic heterocycles. The average Bonchev–Trinajstić information content (AvgIpc) is 3.11. The van der Waals surface area contributed by atoms with Gasteiger partial charge in [0, 0.05) is 5.02 Å². The third kappa shape index (κ3) is 4.32. The first-order valence-electron chi connectivity index (χ1n) is 8.67. The third-order valence-corrected chi connectivity index (χ3v) is 4.43. The number of aromatic nitrogens is 2. The van der Waals surface area contributed by atoms with Crippen LogP contribution < -0.4 is 10.9 Å². The van der Waals surface area contributed by atoms with E-state index in [9.17, 15) is 14.7 Å². The van der Waals surface area contributed by atoms with Crippen LogP contribution in [0.25, 0.3) is 0 Å². The Kier molecular flexibility index (Phi) is 5.96. The van der Waals surface area contributed by atoms with Gasteiger partial charge in [-0.15, -0.1) is 0 Å². The first-order valence-corrected chi connectivity index (χ1v) is 9.05. The van der Waals surface area contributed by atoms with Crippen molar-refractivity contribution in [3.63, 3.8) is 0 Å². The minimum absolute atomic E-state index is 0.0386. The number of aromatic hydroxyl groups is 1. The van der Waals surface area contributed by atoms with E-state index in [0.717, 1.165) is 11.3 Å². The molecule has 0 atom stereocenters. The highest BCUT2D eigenvalue weighted by Crippen LogP contribution is 2.21. The number of hydrogen-bond donors (Lipinski definition) is 3. The predicted molar refractivity (Wildman–Crippen MR) is 105 cm³/mol. The second-order valence-electron chi connectivity index (χ2n) is 6.07. The van der Waals surface area contributed by atoms with Crippen LogP contribution in [0.3, 0.4) is 0 Å². The molecule has 2 amide bonds. The van der Waals surface area contributed by atoms with Crippen molar-refractivity contribution in [3.05, 3.63) is 82.1 Å². The molecule has 7 nitrogen and oxygen atoms in total. The van der Waals surface area contributed by atoms with Crippen LogP contribution in [0.1, 0.15) is 38.9 Å². The number of nitrogens with one attached hydrogen (secondary N) is 2. The molecule has 0 aliphatic carbocycles. The summed E-state index contributed by atoms with van der Waals surface area (Å²) in [6, 6.07) is 13.9. The molecular weight excluding hydrogens is 380 g/mol. The monoisotopic (exact) mass is 398 g/mol. The number of carbonyl (C=O) groups is 2. The van der Waals surface area contributed by atoms with Gasteiger partial charge < -0.3 is 5.11 Å². The fraction of sp³-hybridized carbons (Fsp3) is 0.150. The number of benzene rings is 2. The summed E-state index contributed by atoms with van der Waals surface area (Å²) in [5, 5.41) is 14.4. The van der Waals surface area contributed by atoms with E-state index in [1.165, 1.54) is 24.4 Å². The lowest BCUT2D eigenvalue weighted by Crippen LogP contribution is -2.41. The fourth-order valence-corrected chi connectivity index (χ4v) is 2.98. The molecule has 1 heterocycles. The molecule has 0 aliphatic rings. The van der Waals surface area contributed by atoms with Crippen molar-refractivity contribution in [2.75, 3.05) is 0 Å². The lowest BCUT2D eigenvalue weighted by molar-refractivity contribution is 0.0844. The molecule has 3 N–H and O–H groups in total. The summed E-state index contributed by atoms with van der Waals surface area (Å²) in [5.41, 5.74) is 6.78. The maximum atomic E-state index is 12.5. The van der Waals surface area contributed by atoms with Crippen LogP contribution >= 0.6 is 11.6 Å². The normalized spacial score (nSPS) is 10.5. The summed E-state index contributed by atoms with van der Waals surface area (Å²) < 4.78 is 1.76. The highest BCUT2D eigenvalue weighted by molar-refractivity contribution is 6.31. The maximum Gasteiger partial charge on any atom is 0.273 e. The summed E-state index contributed by atoms with van der Waals surface area (Å²) >= 11 is 5.84. The summed E-state index contributed by atoms with van der Waals surface area (Å²) in [5.74, 6) is -1.41. The van der Waals surface area contributed by atoms with Crippen molar-refractivity contribution in [1.29, 1.82) is 0 Å². The van der Waals surface area contributed by atoms with Crippen molar-refractivity contribution in [2.24, 2.45) is 0 Å². The quantitative estimate of drug-likeness (QED) is 0.576. The summed E-state index contributed by atoms with van der Waals surface area (Å²) in [7, 11) is 0. The Labute approximate surface area is 166 Å². The van der Waals surface area contributed by atoms with Crippen LogP contribution in [0.15, 0.2) is 54.7 Å². The van der Waals surface area contributed by atoms with Crippen molar-refractivity contribution in [3.8, 4) is 5.75 Å². The minimum atomic E-state index is -0.678. The molecule has 8 heteroatoms. The van der Waals surface area contributed by atoms with E-state index in [4.69, 9.17) is 11.6 Å². The van der Waals surface area contributed by atoms with Crippen molar-refractivity contribution >= 4 is 23.4 Å². The van der Waals surface area contributed by atoms with Gasteiger partial charge in [-0.1, -0.05) is 48.9 Å². The molecule has 0 spiro atoms. The van der Waals surface area contributed by atoms with Gasteiger partial charge >= 0.3 is 0 Å². The van der Waals surface area contributed by atoms with Gasteiger partial charge in [0.1, 0.15) is 5.75 Å². The van der Waals surface area contributed by atoms with Gasteiger partial charge in [-0.2, -0.15) is 5.10 Å². The largest absolute Gasteiger partial charge is 0.507 e. The molecule has 3 rings (SSSR count). The second kappa shape index (κ2) is 8.58. The first-order chi connectivity index (χ1) is 13.5. The van der Waals surface area contributed by atoms with E-state index >= 15 is 0 Å². The molecule has 28 heavy (non-hydrogen) atoms. The van der Waals surface area contributed by atoms with Crippen LogP contribution in [-0.2, 0) is 13.0 Å². The van der Waals surface area contributed by atoms with E-state index in [1.807, 2.05) is 37.3 Å². The van der Waals surface area contributed by atoms with Gasteiger partial charge in [0.25, 0.3) is 11.8 Å². The predicted octanol–water partition coefficient (Wildman–Crippen LogP) is 2.93. The van der Waals surface area contributed by atoms with E-state index in [1.54, 1.807) is 4.68 Å². The highest BCUT2D eigenvalue weighted by atomic mass is 35.5. The smallest absolute Gasteiger partial charge is 0.273 e. The standard InChI is InChI=1S/C20H19ClN4O3/c1-2-17-16(11-22-25(17)12-13-6-4-3-5-7-13)20(28)24-23-19(27)15-10-14(21)8-9-18(15)26/h3-11,26H,2,12H2,1H3,(H,23,27)(H,24,28).